The maximum Gasteiger partial charge on any atom is 0.214 e. The first-order valence-electron chi connectivity index (χ1n) is 9.54. The molecule has 154 valence electrons. The lowest BCUT2D eigenvalue weighted by molar-refractivity contribution is 0.222. The summed E-state index contributed by atoms with van der Waals surface area (Å²) in [6.45, 7) is 3.33. The minimum atomic E-state index is -3.14. The summed E-state index contributed by atoms with van der Waals surface area (Å²) >= 11 is 0. The Morgan fingerprint density at radius 2 is 1.86 bits per heavy atom. The highest BCUT2D eigenvalue weighted by Crippen LogP contribution is 2.10. The average molecular weight is 408 g/mol. The van der Waals surface area contributed by atoms with Crippen LogP contribution in [0.25, 0.3) is 0 Å². The molecule has 2 heterocycles. The van der Waals surface area contributed by atoms with E-state index in [0.29, 0.717) is 32.0 Å². The Balaban J connectivity index is 1.64. The van der Waals surface area contributed by atoms with E-state index in [1.54, 1.807) is 28.8 Å². The molecular formula is C18H29N7O2S. The van der Waals surface area contributed by atoms with Gasteiger partial charge in [-0.05, 0) is 32.0 Å². The quantitative estimate of drug-likeness (QED) is 0.207. The Kier molecular flexibility index (Phi) is 9.13. The summed E-state index contributed by atoms with van der Waals surface area (Å²) in [6.07, 6.45) is 8.43. The second kappa shape index (κ2) is 11.6. The van der Waals surface area contributed by atoms with Crippen molar-refractivity contribution in [2.24, 2.45) is 4.99 Å². The number of anilines is 1. The molecule has 1 aromatic rings. The van der Waals surface area contributed by atoms with Gasteiger partial charge in [-0.2, -0.15) is 9.57 Å². The van der Waals surface area contributed by atoms with E-state index >= 15 is 0 Å². The molecule has 0 spiro atoms. The molecule has 0 unspecified atom stereocenters. The van der Waals surface area contributed by atoms with Crippen LogP contribution in [-0.2, 0) is 10.0 Å². The molecule has 0 saturated carbocycles. The lowest BCUT2D eigenvalue weighted by Crippen LogP contribution is -2.47. The van der Waals surface area contributed by atoms with Crippen LogP contribution in [0.15, 0.2) is 29.5 Å². The fraction of sp³-hybridized carbons (Fsp3) is 0.611. The fourth-order valence-electron chi connectivity index (χ4n) is 2.87. The van der Waals surface area contributed by atoms with Crippen LogP contribution in [-0.4, -0.2) is 74.1 Å². The summed E-state index contributed by atoms with van der Waals surface area (Å²) in [5.41, 5.74) is 0.797. The van der Waals surface area contributed by atoms with E-state index in [0.717, 1.165) is 38.0 Å². The number of hydrogen-bond acceptors (Lipinski definition) is 6. The third-order valence-electron chi connectivity index (χ3n) is 4.55. The van der Waals surface area contributed by atoms with Crippen LogP contribution in [0.5, 0.6) is 0 Å². The predicted octanol–water partition coefficient (Wildman–Crippen LogP) is 1.06. The molecule has 1 aliphatic heterocycles. The number of likely N-dealkylation sites (N-methyl/N-ethyl adjacent to an activating group) is 1. The third kappa shape index (κ3) is 7.80. The maximum absolute atomic E-state index is 12.3. The molecule has 0 amide bonds. The van der Waals surface area contributed by atoms with Gasteiger partial charge in [0.1, 0.15) is 0 Å². The SMILES string of the molecule is CN1CCN(S(=O)(=O)CCCCCCN=C(NC#N)Nc2ccncc2)CC1. The van der Waals surface area contributed by atoms with Gasteiger partial charge < -0.3 is 10.2 Å². The van der Waals surface area contributed by atoms with Gasteiger partial charge in [0.25, 0.3) is 0 Å². The molecule has 2 N–H and O–H groups in total. The molecule has 0 atom stereocenters. The summed E-state index contributed by atoms with van der Waals surface area (Å²) < 4.78 is 26.3. The summed E-state index contributed by atoms with van der Waals surface area (Å²) in [4.78, 5) is 10.4. The standard InChI is InChI=1S/C18H29N7O2S/c1-24-11-13-25(14-12-24)28(26,27)15-5-3-2-4-8-21-18(22-16-19)23-17-6-9-20-10-7-17/h6-7,9-10H,2-5,8,11-15H2,1H3,(H2,20,21,22,23). The van der Waals surface area contributed by atoms with Gasteiger partial charge in [0.15, 0.2) is 6.19 Å². The Hall–Kier alpha value is -2.22. The van der Waals surface area contributed by atoms with Crippen molar-refractivity contribution in [3.8, 4) is 6.19 Å². The van der Waals surface area contributed by atoms with E-state index in [-0.39, 0.29) is 5.75 Å². The average Bonchev–Trinajstić information content (AvgIpc) is 2.68. The number of guanidine groups is 1. The molecule has 1 aromatic heterocycles. The highest BCUT2D eigenvalue weighted by atomic mass is 32.2. The van der Waals surface area contributed by atoms with Crippen molar-refractivity contribution < 1.29 is 8.42 Å². The van der Waals surface area contributed by atoms with Crippen molar-refractivity contribution in [1.82, 2.24) is 19.5 Å². The fourth-order valence-corrected chi connectivity index (χ4v) is 4.42. The zero-order valence-electron chi connectivity index (χ0n) is 16.3. The first-order valence-corrected chi connectivity index (χ1v) is 11.1. The number of hydrogen-bond donors (Lipinski definition) is 2. The van der Waals surface area contributed by atoms with E-state index in [9.17, 15) is 8.42 Å². The molecule has 10 heteroatoms. The number of pyridine rings is 1. The molecular weight excluding hydrogens is 378 g/mol. The van der Waals surface area contributed by atoms with Gasteiger partial charge in [-0.25, -0.2) is 8.42 Å². The number of aliphatic imine (C=N–C) groups is 1. The predicted molar refractivity (Wildman–Crippen MR) is 110 cm³/mol. The number of nitriles is 1. The van der Waals surface area contributed by atoms with Gasteiger partial charge in [-0.1, -0.05) is 12.8 Å². The minimum Gasteiger partial charge on any atom is -0.325 e. The van der Waals surface area contributed by atoms with Crippen LogP contribution in [0.4, 0.5) is 5.69 Å². The zero-order valence-corrected chi connectivity index (χ0v) is 17.2. The Morgan fingerprint density at radius 1 is 1.18 bits per heavy atom. The molecule has 1 saturated heterocycles. The Morgan fingerprint density at radius 3 is 2.54 bits per heavy atom. The van der Waals surface area contributed by atoms with Gasteiger partial charge >= 0.3 is 0 Å². The lowest BCUT2D eigenvalue weighted by atomic mass is 10.2. The van der Waals surface area contributed by atoms with Crippen molar-refractivity contribution >= 4 is 21.7 Å². The van der Waals surface area contributed by atoms with Crippen LogP contribution in [0.3, 0.4) is 0 Å². The topological polar surface area (TPSA) is 114 Å². The second-order valence-electron chi connectivity index (χ2n) is 6.76. The molecule has 0 aromatic carbocycles. The van der Waals surface area contributed by atoms with E-state index < -0.39 is 10.0 Å². The Labute approximate surface area is 167 Å². The van der Waals surface area contributed by atoms with Crippen LogP contribution < -0.4 is 10.6 Å². The summed E-state index contributed by atoms with van der Waals surface area (Å²) in [6, 6.07) is 3.57. The number of piperazine rings is 1. The maximum atomic E-state index is 12.3. The van der Waals surface area contributed by atoms with Crippen LogP contribution in [0.2, 0.25) is 0 Å². The van der Waals surface area contributed by atoms with Gasteiger partial charge in [0, 0.05) is 50.8 Å². The Bertz CT molecular complexity index is 754. The summed E-state index contributed by atoms with van der Waals surface area (Å²) in [5, 5.41) is 14.4. The first kappa shape index (κ1) is 22.1. The van der Waals surface area contributed by atoms with E-state index in [2.05, 4.69) is 25.5 Å². The number of sulfonamides is 1. The molecule has 0 radical (unpaired) electrons. The first-order chi connectivity index (χ1) is 13.5. The number of nitrogens with zero attached hydrogens (tertiary/aromatic N) is 5. The smallest absolute Gasteiger partial charge is 0.214 e. The van der Waals surface area contributed by atoms with E-state index in [1.165, 1.54) is 0 Å². The molecule has 2 rings (SSSR count). The number of nitrogens with one attached hydrogen (secondary N) is 2. The van der Waals surface area contributed by atoms with E-state index in [4.69, 9.17) is 5.26 Å². The van der Waals surface area contributed by atoms with Crippen LogP contribution in [0, 0.1) is 11.5 Å². The zero-order chi connectivity index (χ0) is 20.2. The van der Waals surface area contributed by atoms with Crippen molar-refractivity contribution in [2.45, 2.75) is 25.7 Å². The molecule has 9 nitrogen and oxygen atoms in total. The molecule has 0 aliphatic carbocycles. The largest absolute Gasteiger partial charge is 0.325 e. The van der Waals surface area contributed by atoms with E-state index in [1.807, 2.05) is 13.2 Å². The van der Waals surface area contributed by atoms with Crippen molar-refractivity contribution in [1.29, 1.82) is 5.26 Å². The van der Waals surface area contributed by atoms with Gasteiger partial charge in [0.2, 0.25) is 16.0 Å². The highest BCUT2D eigenvalue weighted by Gasteiger charge is 2.24. The summed E-state index contributed by atoms with van der Waals surface area (Å²) in [5.74, 6) is 0.608. The highest BCUT2D eigenvalue weighted by molar-refractivity contribution is 7.89. The number of unbranched alkanes of at least 4 members (excludes halogenated alkanes) is 3. The van der Waals surface area contributed by atoms with Crippen LogP contribution >= 0.6 is 0 Å². The lowest BCUT2D eigenvalue weighted by Gasteiger charge is -2.31. The summed E-state index contributed by atoms with van der Waals surface area (Å²) in [7, 11) is -1.13. The molecule has 1 aliphatic rings. The number of rotatable bonds is 9. The monoisotopic (exact) mass is 407 g/mol. The third-order valence-corrected chi connectivity index (χ3v) is 6.51. The number of aromatic nitrogens is 1. The van der Waals surface area contributed by atoms with Gasteiger partial charge in [0.05, 0.1) is 5.75 Å². The van der Waals surface area contributed by atoms with Crippen molar-refractivity contribution in [3.05, 3.63) is 24.5 Å². The molecule has 1 fully saturated rings. The molecule has 28 heavy (non-hydrogen) atoms. The van der Waals surface area contributed by atoms with Crippen molar-refractivity contribution in [2.75, 3.05) is 50.8 Å². The minimum absolute atomic E-state index is 0.213. The second-order valence-corrected chi connectivity index (χ2v) is 8.85. The normalized spacial score (nSPS) is 16.5. The van der Waals surface area contributed by atoms with Gasteiger partial charge in [-0.15, -0.1) is 0 Å². The van der Waals surface area contributed by atoms with Crippen LogP contribution in [0.1, 0.15) is 25.7 Å². The molecule has 0 bridgehead atoms. The van der Waals surface area contributed by atoms with Crippen molar-refractivity contribution in [3.63, 3.8) is 0 Å². The van der Waals surface area contributed by atoms with Gasteiger partial charge in [-0.3, -0.25) is 15.3 Å².